The van der Waals surface area contributed by atoms with E-state index >= 15 is 0 Å². The Hall–Kier alpha value is -1.34. The monoisotopic (exact) mass is 330 g/mol. The number of nitrogens with zero attached hydrogens (tertiary/aromatic N) is 1. The van der Waals surface area contributed by atoms with E-state index in [1.165, 1.54) is 29.6 Å². The normalized spacial score (nSPS) is 11.4. The van der Waals surface area contributed by atoms with Gasteiger partial charge in [0.15, 0.2) is 0 Å². The Morgan fingerprint density at radius 2 is 1.90 bits per heavy atom. The fraction of sp³-hybridized carbons (Fsp3) is 0.286. The highest BCUT2D eigenvalue weighted by molar-refractivity contribution is 7.89. The standard InChI is InChI=1S/C14H19ClN2O3S/c1-4-6-17(7-5-2)21(18,19)13-9-12(15)8-11(10-16)14(13)20-3/h4-5,8-9H,1-2,6-7,10,16H2,3H3. The molecule has 0 radical (unpaired) electrons. The minimum absolute atomic E-state index is 0.0124. The molecule has 1 aromatic carbocycles. The van der Waals surface area contributed by atoms with Crippen LogP contribution in [-0.2, 0) is 16.6 Å². The van der Waals surface area contributed by atoms with Crippen LogP contribution in [0, 0.1) is 0 Å². The Bertz CT molecular complexity index is 619. The Morgan fingerprint density at radius 3 is 2.33 bits per heavy atom. The van der Waals surface area contributed by atoms with Gasteiger partial charge in [0.2, 0.25) is 10.0 Å². The average Bonchev–Trinajstić information content (AvgIpc) is 2.45. The second kappa shape index (κ2) is 7.61. The lowest BCUT2D eigenvalue weighted by Gasteiger charge is -2.21. The number of benzene rings is 1. The molecule has 116 valence electrons. The van der Waals surface area contributed by atoms with Crippen LogP contribution < -0.4 is 10.5 Å². The minimum Gasteiger partial charge on any atom is -0.495 e. The third-order valence-electron chi connectivity index (χ3n) is 2.80. The predicted octanol–water partition coefficient (Wildman–Crippen LogP) is 2.17. The molecule has 0 bridgehead atoms. The first-order chi connectivity index (χ1) is 9.92. The van der Waals surface area contributed by atoms with E-state index in [9.17, 15) is 8.42 Å². The number of hydrogen-bond acceptors (Lipinski definition) is 4. The molecule has 0 fully saturated rings. The molecule has 2 N–H and O–H groups in total. The molecule has 1 rings (SSSR count). The maximum atomic E-state index is 12.8. The summed E-state index contributed by atoms with van der Waals surface area (Å²) in [5.74, 6) is 0.208. The molecule has 0 atom stereocenters. The van der Waals surface area contributed by atoms with E-state index in [4.69, 9.17) is 22.1 Å². The van der Waals surface area contributed by atoms with Gasteiger partial charge in [0.1, 0.15) is 10.6 Å². The van der Waals surface area contributed by atoms with Crippen LogP contribution >= 0.6 is 11.6 Å². The summed E-state index contributed by atoms with van der Waals surface area (Å²) in [5, 5.41) is 0.284. The lowest BCUT2D eigenvalue weighted by atomic mass is 10.2. The number of halogens is 1. The number of nitrogens with two attached hydrogens (primary N) is 1. The van der Waals surface area contributed by atoms with Crippen LogP contribution in [0.5, 0.6) is 5.75 Å². The summed E-state index contributed by atoms with van der Waals surface area (Å²) in [6, 6.07) is 2.94. The highest BCUT2D eigenvalue weighted by Gasteiger charge is 2.28. The van der Waals surface area contributed by atoms with E-state index in [0.717, 1.165) is 0 Å². The molecule has 0 heterocycles. The highest BCUT2D eigenvalue weighted by Crippen LogP contribution is 2.33. The van der Waals surface area contributed by atoms with E-state index < -0.39 is 10.0 Å². The van der Waals surface area contributed by atoms with E-state index in [2.05, 4.69) is 13.2 Å². The Labute approximate surface area is 130 Å². The van der Waals surface area contributed by atoms with E-state index in [-0.39, 0.29) is 35.3 Å². The van der Waals surface area contributed by atoms with Crippen molar-refractivity contribution < 1.29 is 13.2 Å². The lowest BCUT2D eigenvalue weighted by molar-refractivity contribution is 0.393. The van der Waals surface area contributed by atoms with Crippen LogP contribution in [0.3, 0.4) is 0 Å². The SMILES string of the molecule is C=CCN(CC=C)S(=O)(=O)c1cc(Cl)cc(CN)c1OC. The molecular weight excluding hydrogens is 312 g/mol. The summed E-state index contributed by atoms with van der Waals surface area (Å²) >= 11 is 5.99. The van der Waals surface area contributed by atoms with Crippen molar-refractivity contribution in [1.82, 2.24) is 4.31 Å². The molecule has 0 aliphatic rings. The summed E-state index contributed by atoms with van der Waals surface area (Å²) in [6.07, 6.45) is 3.00. The minimum atomic E-state index is -3.80. The first-order valence-corrected chi connectivity index (χ1v) is 8.02. The molecule has 0 aromatic heterocycles. The van der Waals surface area contributed by atoms with Crippen LogP contribution in [0.4, 0.5) is 0 Å². The molecule has 7 heteroatoms. The molecule has 5 nitrogen and oxygen atoms in total. The molecule has 1 aromatic rings. The van der Waals surface area contributed by atoms with Gasteiger partial charge < -0.3 is 10.5 Å². The fourth-order valence-corrected chi connectivity index (χ4v) is 3.81. The van der Waals surface area contributed by atoms with Crippen molar-refractivity contribution in [2.75, 3.05) is 20.2 Å². The van der Waals surface area contributed by atoms with E-state index in [1.54, 1.807) is 6.07 Å². The number of sulfonamides is 1. The Morgan fingerprint density at radius 1 is 1.33 bits per heavy atom. The Kier molecular flexibility index (Phi) is 6.42. The number of ether oxygens (including phenoxy) is 1. The Balaban J connectivity index is 3.51. The summed E-state index contributed by atoms with van der Waals surface area (Å²) in [6.45, 7) is 7.56. The zero-order valence-corrected chi connectivity index (χ0v) is 13.5. The molecule has 0 unspecified atom stereocenters. The number of methoxy groups -OCH3 is 1. The highest BCUT2D eigenvalue weighted by atomic mass is 35.5. The van der Waals surface area contributed by atoms with Crippen LogP contribution in [0.2, 0.25) is 5.02 Å². The van der Waals surface area contributed by atoms with Crippen molar-refractivity contribution >= 4 is 21.6 Å². The van der Waals surface area contributed by atoms with Crippen molar-refractivity contribution in [3.05, 3.63) is 48.0 Å². The molecule has 0 saturated carbocycles. The second-order valence-electron chi connectivity index (χ2n) is 4.20. The smallest absolute Gasteiger partial charge is 0.247 e. The van der Waals surface area contributed by atoms with Gasteiger partial charge >= 0.3 is 0 Å². The average molecular weight is 331 g/mol. The quantitative estimate of drug-likeness (QED) is 0.741. The molecule has 0 amide bonds. The molecule has 0 spiro atoms. The number of hydrogen-bond donors (Lipinski definition) is 1. The van der Waals surface area contributed by atoms with Crippen molar-refractivity contribution in [1.29, 1.82) is 0 Å². The summed E-state index contributed by atoms with van der Waals surface area (Å²) in [5.41, 5.74) is 6.15. The van der Waals surface area contributed by atoms with Gasteiger partial charge in [-0.15, -0.1) is 13.2 Å². The summed E-state index contributed by atoms with van der Waals surface area (Å²) in [4.78, 5) is -0.0124. The molecule has 0 saturated heterocycles. The van der Waals surface area contributed by atoms with Crippen LogP contribution in [0.1, 0.15) is 5.56 Å². The first kappa shape index (κ1) is 17.7. The van der Waals surface area contributed by atoms with Gasteiger partial charge in [0, 0.05) is 30.2 Å². The van der Waals surface area contributed by atoms with Gasteiger partial charge in [-0.3, -0.25) is 0 Å². The van der Waals surface area contributed by atoms with Gasteiger partial charge in [-0.25, -0.2) is 8.42 Å². The maximum absolute atomic E-state index is 12.8. The number of rotatable bonds is 8. The molecule has 0 aliphatic carbocycles. The van der Waals surface area contributed by atoms with E-state index in [1.807, 2.05) is 0 Å². The van der Waals surface area contributed by atoms with Gasteiger partial charge in [-0.1, -0.05) is 23.8 Å². The third-order valence-corrected chi connectivity index (χ3v) is 4.86. The second-order valence-corrected chi connectivity index (χ2v) is 6.54. The lowest BCUT2D eigenvalue weighted by Crippen LogP contribution is -2.32. The third kappa shape index (κ3) is 3.85. The van der Waals surface area contributed by atoms with Crippen LogP contribution in [-0.4, -0.2) is 32.9 Å². The van der Waals surface area contributed by atoms with Gasteiger partial charge in [-0.05, 0) is 12.1 Å². The zero-order valence-electron chi connectivity index (χ0n) is 11.9. The summed E-state index contributed by atoms with van der Waals surface area (Å²) < 4.78 is 32.0. The topological polar surface area (TPSA) is 72.6 Å². The fourth-order valence-electron chi connectivity index (χ4n) is 1.90. The van der Waals surface area contributed by atoms with Crippen molar-refractivity contribution in [2.45, 2.75) is 11.4 Å². The van der Waals surface area contributed by atoms with Crippen LogP contribution in [0.15, 0.2) is 42.3 Å². The van der Waals surface area contributed by atoms with Gasteiger partial charge in [0.05, 0.1) is 7.11 Å². The first-order valence-electron chi connectivity index (χ1n) is 6.20. The molecule has 0 aliphatic heterocycles. The molecular formula is C14H19ClN2O3S. The van der Waals surface area contributed by atoms with Crippen molar-refractivity contribution in [3.8, 4) is 5.75 Å². The van der Waals surface area contributed by atoms with Crippen molar-refractivity contribution in [3.63, 3.8) is 0 Å². The van der Waals surface area contributed by atoms with Crippen LogP contribution in [0.25, 0.3) is 0 Å². The van der Waals surface area contributed by atoms with E-state index in [0.29, 0.717) is 5.56 Å². The summed E-state index contributed by atoms with van der Waals surface area (Å²) in [7, 11) is -2.40. The predicted molar refractivity (Wildman–Crippen MR) is 85.0 cm³/mol. The largest absolute Gasteiger partial charge is 0.495 e. The zero-order chi connectivity index (χ0) is 16.0. The van der Waals surface area contributed by atoms with Gasteiger partial charge in [0.25, 0.3) is 0 Å². The maximum Gasteiger partial charge on any atom is 0.247 e. The molecule has 21 heavy (non-hydrogen) atoms. The van der Waals surface area contributed by atoms with Crippen molar-refractivity contribution in [2.24, 2.45) is 5.73 Å². The van der Waals surface area contributed by atoms with Gasteiger partial charge in [-0.2, -0.15) is 4.31 Å².